The number of nitrogens with one attached hydrogen (secondary N) is 2. The van der Waals surface area contributed by atoms with Crippen LogP contribution in [-0.4, -0.2) is 42.8 Å². The van der Waals surface area contributed by atoms with Crippen LogP contribution in [0.1, 0.15) is 21.5 Å². The Morgan fingerprint density at radius 1 is 1.03 bits per heavy atom. The number of likely N-dealkylation sites (N-methyl/N-ethyl adjacent to an activating group) is 1. The van der Waals surface area contributed by atoms with E-state index in [0.717, 1.165) is 22.6 Å². The van der Waals surface area contributed by atoms with Gasteiger partial charge in [0.1, 0.15) is 0 Å². The molecule has 2 N–H and O–H groups in total. The first-order chi connectivity index (χ1) is 13.6. The Labute approximate surface area is 165 Å². The molecule has 0 aliphatic heterocycles. The molecule has 0 saturated heterocycles. The van der Waals surface area contributed by atoms with Gasteiger partial charge in [-0.15, -0.1) is 0 Å². The fraction of sp³-hybridized carbons (Fsp3) is 0.250. The molecule has 0 atom stereocenters. The predicted octanol–water partition coefficient (Wildman–Crippen LogP) is 2.84. The number of carbonyl (C=O) groups excluding carboxylic acids is 3. The molecule has 0 saturated carbocycles. The highest BCUT2D eigenvalue weighted by Crippen LogP contribution is 2.34. The van der Waals surface area contributed by atoms with Crippen LogP contribution in [0, 0.1) is 6.92 Å². The highest BCUT2D eigenvalue weighted by atomic mass is 19.4. The van der Waals surface area contributed by atoms with Crippen molar-refractivity contribution in [2.75, 3.05) is 25.5 Å². The third-order valence-corrected chi connectivity index (χ3v) is 3.99. The molecule has 0 heterocycles. The van der Waals surface area contributed by atoms with Crippen LogP contribution in [0.15, 0.2) is 48.5 Å². The summed E-state index contributed by atoms with van der Waals surface area (Å²) in [5.41, 5.74) is -0.0924. The molecule has 0 bridgehead atoms. The third kappa shape index (κ3) is 6.34. The number of benzene rings is 2. The summed E-state index contributed by atoms with van der Waals surface area (Å²) in [5, 5.41) is 4.61. The first kappa shape index (κ1) is 21.9. The Bertz CT molecular complexity index is 913. The maximum atomic E-state index is 13.0. The monoisotopic (exact) mass is 407 g/mol. The number of nitrogens with zero attached hydrogens (tertiary/aromatic N) is 1. The highest BCUT2D eigenvalue weighted by Gasteiger charge is 2.33. The third-order valence-electron chi connectivity index (χ3n) is 3.99. The van der Waals surface area contributed by atoms with Gasteiger partial charge in [-0.2, -0.15) is 13.2 Å². The quantitative estimate of drug-likeness (QED) is 0.773. The summed E-state index contributed by atoms with van der Waals surface area (Å²) < 4.78 is 38.9. The number of halogens is 3. The Morgan fingerprint density at radius 3 is 2.38 bits per heavy atom. The van der Waals surface area contributed by atoms with Crippen molar-refractivity contribution in [1.29, 1.82) is 0 Å². The summed E-state index contributed by atoms with van der Waals surface area (Å²) in [5.74, 6) is -1.80. The number of hydrogen-bond acceptors (Lipinski definition) is 3. The van der Waals surface area contributed by atoms with Crippen molar-refractivity contribution in [3.8, 4) is 0 Å². The van der Waals surface area contributed by atoms with Gasteiger partial charge in [-0.05, 0) is 31.2 Å². The fourth-order valence-electron chi connectivity index (χ4n) is 2.51. The number of rotatable bonds is 6. The number of aryl methyl sites for hydroxylation is 1. The zero-order valence-corrected chi connectivity index (χ0v) is 15.8. The summed E-state index contributed by atoms with van der Waals surface area (Å²) in [6, 6.07) is 11.4. The minimum absolute atomic E-state index is 0.351. The molecule has 9 heteroatoms. The van der Waals surface area contributed by atoms with E-state index in [0.29, 0.717) is 5.56 Å². The number of alkyl halides is 3. The van der Waals surface area contributed by atoms with Crippen LogP contribution in [0.25, 0.3) is 0 Å². The summed E-state index contributed by atoms with van der Waals surface area (Å²) in [6.07, 6.45) is -4.62. The van der Waals surface area contributed by atoms with Crippen molar-refractivity contribution in [2.24, 2.45) is 0 Å². The van der Waals surface area contributed by atoms with Crippen molar-refractivity contribution in [2.45, 2.75) is 13.1 Å². The van der Waals surface area contributed by atoms with Crippen LogP contribution in [0.4, 0.5) is 18.9 Å². The topological polar surface area (TPSA) is 78.5 Å². The summed E-state index contributed by atoms with van der Waals surface area (Å²) in [4.78, 5) is 37.2. The molecule has 29 heavy (non-hydrogen) atoms. The number of hydrogen-bond donors (Lipinski definition) is 2. The minimum Gasteiger partial charge on any atom is -0.343 e. The lowest BCUT2D eigenvalue weighted by atomic mass is 10.1. The Balaban J connectivity index is 1.89. The fourth-order valence-corrected chi connectivity index (χ4v) is 2.51. The van der Waals surface area contributed by atoms with Crippen LogP contribution in [-0.2, 0) is 15.8 Å². The summed E-state index contributed by atoms with van der Waals surface area (Å²) in [6.45, 7) is 1.01. The van der Waals surface area contributed by atoms with Crippen molar-refractivity contribution >= 4 is 23.4 Å². The average Bonchev–Trinajstić information content (AvgIpc) is 2.65. The Hall–Kier alpha value is -3.36. The van der Waals surface area contributed by atoms with E-state index in [-0.39, 0.29) is 6.54 Å². The van der Waals surface area contributed by atoms with Gasteiger partial charge >= 0.3 is 6.18 Å². The largest absolute Gasteiger partial charge is 0.418 e. The second-order valence-corrected chi connectivity index (χ2v) is 6.39. The standard InChI is InChI=1S/C20H20F3N3O3/c1-13-6-5-7-14(10-13)19(29)24-11-18(28)26(2)12-17(27)25-16-9-4-3-8-15(16)20(21,22)23/h3-10H,11-12H2,1-2H3,(H,24,29)(H,25,27). The second kappa shape index (κ2) is 9.22. The second-order valence-electron chi connectivity index (χ2n) is 6.39. The lowest BCUT2D eigenvalue weighted by Gasteiger charge is -2.18. The lowest BCUT2D eigenvalue weighted by molar-refractivity contribution is -0.137. The molecule has 154 valence electrons. The van der Waals surface area contributed by atoms with Gasteiger partial charge in [0, 0.05) is 12.6 Å². The SMILES string of the molecule is Cc1cccc(C(=O)NCC(=O)N(C)CC(=O)Nc2ccccc2C(F)(F)F)c1. The van der Waals surface area contributed by atoms with E-state index < -0.39 is 41.7 Å². The van der Waals surface area contributed by atoms with Gasteiger partial charge in [0.2, 0.25) is 11.8 Å². The molecule has 2 rings (SSSR count). The molecule has 2 aromatic carbocycles. The van der Waals surface area contributed by atoms with Gasteiger partial charge < -0.3 is 15.5 Å². The molecular formula is C20H20F3N3O3. The molecule has 0 radical (unpaired) electrons. The molecule has 2 aromatic rings. The summed E-state index contributed by atoms with van der Waals surface area (Å²) >= 11 is 0. The van der Waals surface area contributed by atoms with Crippen LogP contribution < -0.4 is 10.6 Å². The van der Waals surface area contributed by atoms with Crippen molar-refractivity contribution in [3.63, 3.8) is 0 Å². The van der Waals surface area contributed by atoms with Crippen molar-refractivity contribution < 1.29 is 27.6 Å². The molecule has 0 fully saturated rings. The zero-order valence-electron chi connectivity index (χ0n) is 15.8. The first-order valence-corrected chi connectivity index (χ1v) is 8.63. The normalized spacial score (nSPS) is 10.9. The molecule has 6 nitrogen and oxygen atoms in total. The molecular weight excluding hydrogens is 387 g/mol. The summed E-state index contributed by atoms with van der Waals surface area (Å²) in [7, 11) is 1.32. The minimum atomic E-state index is -4.62. The van der Waals surface area contributed by atoms with E-state index in [2.05, 4.69) is 10.6 Å². The van der Waals surface area contributed by atoms with E-state index in [1.54, 1.807) is 18.2 Å². The van der Waals surface area contributed by atoms with E-state index >= 15 is 0 Å². The first-order valence-electron chi connectivity index (χ1n) is 8.63. The highest BCUT2D eigenvalue weighted by molar-refractivity contribution is 5.98. The van der Waals surface area contributed by atoms with E-state index in [1.807, 2.05) is 13.0 Å². The van der Waals surface area contributed by atoms with Gasteiger partial charge in [-0.1, -0.05) is 29.8 Å². The zero-order chi connectivity index (χ0) is 21.6. The molecule has 0 aromatic heterocycles. The van der Waals surface area contributed by atoms with Gasteiger partial charge in [-0.25, -0.2) is 0 Å². The van der Waals surface area contributed by atoms with Crippen LogP contribution in [0.2, 0.25) is 0 Å². The van der Waals surface area contributed by atoms with Crippen LogP contribution >= 0.6 is 0 Å². The molecule has 3 amide bonds. The van der Waals surface area contributed by atoms with Gasteiger partial charge in [-0.3, -0.25) is 14.4 Å². The van der Waals surface area contributed by atoms with Crippen molar-refractivity contribution in [1.82, 2.24) is 10.2 Å². The number of amides is 3. The lowest BCUT2D eigenvalue weighted by Crippen LogP contribution is -2.41. The van der Waals surface area contributed by atoms with Crippen molar-refractivity contribution in [3.05, 3.63) is 65.2 Å². The van der Waals surface area contributed by atoms with Gasteiger partial charge in [0.15, 0.2) is 0 Å². The maximum Gasteiger partial charge on any atom is 0.418 e. The van der Waals surface area contributed by atoms with E-state index in [4.69, 9.17) is 0 Å². The Morgan fingerprint density at radius 2 is 1.72 bits per heavy atom. The van der Waals surface area contributed by atoms with Crippen LogP contribution in [0.5, 0.6) is 0 Å². The predicted molar refractivity (Wildman–Crippen MR) is 101 cm³/mol. The van der Waals surface area contributed by atoms with E-state index in [1.165, 1.54) is 19.2 Å². The maximum absolute atomic E-state index is 13.0. The number of carbonyl (C=O) groups is 3. The number of anilines is 1. The Kier molecular flexibility index (Phi) is 6.98. The van der Waals surface area contributed by atoms with Gasteiger partial charge in [0.05, 0.1) is 24.3 Å². The van der Waals surface area contributed by atoms with Crippen LogP contribution in [0.3, 0.4) is 0 Å². The molecule has 0 unspecified atom stereocenters. The number of para-hydroxylation sites is 1. The molecule has 0 aliphatic rings. The average molecular weight is 407 g/mol. The van der Waals surface area contributed by atoms with E-state index in [9.17, 15) is 27.6 Å². The molecule has 0 spiro atoms. The van der Waals surface area contributed by atoms with Gasteiger partial charge in [0.25, 0.3) is 5.91 Å². The molecule has 0 aliphatic carbocycles. The smallest absolute Gasteiger partial charge is 0.343 e.